The van der Waals surface area contributed by atoms with E-state index in [9.17, 15) is 0 Å². The van der Waals surface area contributed by atoms with Crippen LogP contribution in [-0.4, -0.2) is 15.9 Å². The van der Waals surface area contributed by atoms with Gasteiger partial charge in [-0.25, -0.2) is 0 Å². The number of thioether (sulfide) groups is 1. The van der Waals surface area contributed by atoms with E-state index in [1.807, 2.05) is 11.8 Å². The molecule has 0 spiro atoms. The smallest absolute Gasteiger partial charge is 0.0333 e. The molecule has 1 aliphatic rings. The quantitative estimate of drug-likeness (QED) is 0.462. The van der Waals surface area contributed by atoms with E-state index < -0.39 is 0 Å². The van der Waals surface area contributed by atoms with Crippen LogP contribution in [0.15, 0.2) is 0 Å². The molecule has 1 rings (SSSR count). The van der Waals surface area contributed by atoms with Crippen LogP contribution in [0.25, 0.3) is 0 Å². The first kappa shape index (κ1) is 5.57. The monoisotopic (exact) mass is 132 g/mol. The Morgan fingerprint density at radius 1 is 1.86 bits per heavy atom. The predicted octanol–water partition coefficient (Wildman–Crippen LogP) is 1.88. The van der Waals surface area contributed by atoms with Crippen LogP contribution in [0.5, 0.6) is 0 Å². The zero-order chi connectivity index (χ0) is 5.28. The molecular formula is C5H8S2. The molecule has 0 aliphatic carbocycles. The molecule has 0 N–H and O–H groups in total. The highest BCUT2D eigenvalue weighted by Gasteiger charge is 2.14. The molecule has 0 unspecified atom stereocenters. The lowest BCUT2D eigenvalue weighted by atomic mass is 10.3. The van der Waals surface area contributed by atoms with Gasteiger partial charge in [-0.1, -0.05) is 12.2 Å². The highest BCUT2D eigenvalue weighted by Crippen LogP contribution is 2.22. The zero-order valence-corrected chi connectivity index (χ0v) is 5.94. The Morgan fingerprint density at radius 2 is 2.57 bits per heavy atom. The molecule has 0 aromatic rings. The van der Waals surface area contributed by atoms with Crippen molar-refractivity contribution in [3.8, 4) is 0 Å². The van der Waals surface area contributed by atoms with Gasteiger partial charge in [-0.2, -0.15) is 11.8 Å². The molecule has 0 saturated carbocycles. The molecule has 0 bridgehead atoms. The second-order valence-corrected chi connectivity index (χ2v) is 3.70. The highest BCUT2D eigenvalue weighted by atomic mass is 32.2. The Balaban J connectivity index is 2.48. The van der Waals surface area contributed by atoms with Gasteiger partial charge >= 0.3 is 0 Å². The van der Waals surface area contributed by atoms with Gasteiger partial charge in [0.05, 0.1) is 0 Å². The van der Waals surface area contributed by atoms with Crippen LogP contribution in [-0.2, 0) is 0 Å². The topological polar surface area (TPSA) is 0 Å². The maximum absolute atomic E-state index is 5.02. The molecule has 1 fully saturated rings. The van der Waals surface area contributed by atoms with Crippen molar-refractivity contribution in [3.63, 3.8) is 0 Å². The molecule has 2 heteroatoms. The van der Waals surface area contributed by atoms with Gasteiger partial charge in [0.2, 0.25) is 0 Å². The summed E-state index contributed by atoms with van der Waals surface area (Å²) < 4.78 is 0. The average Bonchev–Trinajstić information content (AvgIpc) is 1.91. The van der Waals surface area contributed by atoms with Gasteiger partial charge in [-0.3, -0.25) is 0 Å². The second-order valence-electron chi connectivity index (χ2n) is 1.73. The van der Waals surface area contributed by atoms with Crippen molar-refractivity contribution in [2.45, 2.75) is 18.6 Å². The Bertz CT molecular complexity index is 88.1. The number of hydrogen-bond acceptors (Lipinski definition) is 2. The van der Waals surface area contributed by atoms with Gasteiger partial charge in [0, 0.05) is 10.1 Å². The second kappa shape index (κ2) is 2.14. The lowest BCUT2D eigenvalue weighted by Crippen LogP contribution is -2.00. The molecule has 0 radical (unpaired) electrons. The molecular weight excluding hydrogens is 124 g/mol. The molecule has 40 valence electrons. The number of hydrogen-bond donors (Lipinski definition) is 0. The summed E-state index contributed by atoms with van der Waals surface area (Å²) in [6.07, 6.45) is 1.17. The zero-order valence-electron chi connectivity index (χ0n) is 4.31. The molecule has 7 heavy (non-hydrogen) atoms. The Labute approximate surface area is 53.7 Å². The minimum atomic E-state index is 0.662. The van der Waals surface area contributed by atoms with Gasteiger partial charge in [-0.15, -0.1) is 0 Å². The summed E-state index contributed by atoms with van der Waals surface area (Å²) in [5, 5.41) is 0.662. The van der Waals surface area contributed by atoms with E-state index in [0.717, 1.165) is 0 Å². The van der Waals surface area contributed by atoms with Crippen molar-refractivity contribution < 1.29 is 0 Å². The minimum Gasteiger partial charge on any atom is -0.153 e. The molecule has 0 aromatic heterocycles. The Hall–Kier alpha value is 0.440. The number of rotatable bonds is 0. The molecule has 0 amide bonds. The fourth-order valence-electron chi connectivity index (χ4n) is 0.633. The third-order valence-corrected chi connectivity index (χ3v) is 3.10. The first-order valence-corrected chi connectivity index (χ1v) is 3.91. The van der Waals surface area contributed by atoms with Crippen LogP contribution in [0.1, 0.15) is 13.3 Å². The predicted molar refractivity (Wildman–Crippen MR) is 39.1 cm³/mol. The highest BCUT2D eigenvalue weighted by molar-refractivity contribution is 8.02. The van der Waals surface area contributed by atoms with Crippen molar-refractivity contribution in [2.75, 3.05) is 5.75 Å². The van der Waals surface area contributed by atoms with Crippen molar-refractivity contribution in [1.29, 1.82) is 0 Å². The summed E-state index contributed by atoms with van der Waals surface area (Å²) in [4.78, 5) is 1.25. The van der Waals surface area contributed by atoms with Crippen LogP contribution < -0.4 is 0 Å². The summed E-state index contributed by atoms with van der Waals surface area (Å²) in [6.45, 7) is 2.18. The SMILES string of the molecule is C[C@@H]1SCCC1=S. The van der Waals surface area contributed by atoms with E-state index in [4.69, 9.17) is 12.2 Å². The van der Waals surface area contributed by atoms with Crippen LogP contribution in [0.3, 0.4) is 0 Å². The largest absolute Gasteiger partial charge is 0.153 e. The molecule has 1 heterocycles. The van der Waals surface area contributed by atoms with Crippen LogP contribution in [0.2, 0.25) is 0 Å². The maximum atomic E-state index is 5.02. The first-order chi connectivity index (χ1) is 3.30. The normalized spacial score (nSPS) is 31.6. The van der Waals surface area contributed by atoms with E-state index in [1.54, 1.807) is 0 Å². The van der Waals surface area contributed by atoms with Gasteiger partial charge in [0.25, 0.3) is 0 Å². The van der Waals surface area contributed by atoms with E-state index in [1.165, 1.54) is 17.0 Å². The van der Waals surface area contributed by atoms with Crippen molar-refractivity contribution in [1.82, 2.24) is 0 Å². The third kappa shape index (κ3) is 1.16. The average molecular weight is 132 g/mol. The molecule has 0 nitrogen and oxygen atoms in total. The maximum Gasteiger partial charge on any atom is 0.0333 e. The standard InChI is InChI=1S/C5H8S2/c1-4-5(6)2-3-7-4/h4H,2-3H2,1H3/t4-/m0/s1. The van der Waals surface area contributed by atoms with Crippen molar-refractivity contribution >= 4 is 28.8 Å². The molecule has 1 atom stereocenters. The van der Waals surface area contributed by atoms with Crippen LogP contribution in [0, 0.1) is 0 Å². The summed E-state index contributed by atoms with van der Waals surface area (Å²) >= 11 is 6.98. The fraction of sp³-hybridized carbons (Fsp3) is 0.800. The Kier molecular flexibility index (Phi) is 1.70. The van der Waals surface area contributed by atoms with E-state index in [0.29, 0.717) is 5.25 Å². The lowest BCUT2D eigenvalue weighted by Gasteiger charge is -1.94. The van der Waals surface area contributed by atoms with Gasteiger partial charge in [0.1, 0.15) is 0 Å². The minimum absolute atomic E-state index is 0.662. The lowest BCUT2D eigenvalue weighted by molar-refractivity contribution is 1.30. The van der Waals surface area contributed by atoms with Gasteiger partial charge < -0.3 is 0 Å². The molecule has 1 aliphatic heterocycles. The van der Waals surface area contributed by atoms with Gasteiger partial charge in [-0.05, 0) is 19.1 Å². The fourth-order valence-corrected chi connectivity index (χ4v) is 2.06. The van der Waals surface area contributed by atoms with E-state index in [-0.39, 0.29) is 0 Å². The Morgan fingerprint density at radius 3 is 2.71 bits per heavy atom. The summed E-state index contributed by atoms with van der Waals surface area (Å²) in [5.74, 6) is 1.25. The van der Waals surface area contributed by atoms with Crippen molar-refractivity contribution in [2.24, 2.45) is 0 Å². The molecule has 1 saturated heterocycles. The molecule has 0 aromatic carbocycles. The summed E-state index contributed by atoms with van der Waals surface area (Å²) in [6, 6.07) is 0. The van der Waals surface area contributed by atoms with Crippen LogP contribution >= 0.6 is 24.0 Å². The number of thiocarbonyl (C=S) groups is 1. The van der Waals surface area contributed by atoms with E-state index in [2.05, 4.69) is 6.92 Å². The van der Waals surface area contributed by atoms with E-state index >= 15 is 0 Å². The summed E-state index contributed by atoms with van der Waals surface area (Å²) in [5.41, 5.74) is 0. The first-order valence-electron chi connectivity index (χ1n) is 2.45. The third-order valence-electron chi connectivity index (χ3n) is 1.17. The van der Waals surface area contributed by atoms with Crippen molar-refractivity contribution in [3.05, 3.63) is 0 Å². The summed E-state index contributed by atoms with van der Waals surface area (Å²) in [7, 11) is 0. The van der Waals surface area contributed by atoms with Crippen LogP contribution in [0.4, 0.5) is 0 Å². The van der Waals surface area contributed by atoms with Gasteiger partial charge in [0.15, 0.2) is 0 Å².